The third-order valence-electron chi connectivity index (χ3n) is 1.58. The van der Waals surface area contributed by atoms with Crippen molar-refractivity contribution >= 4 is 22.6 Å². The van der Waals surface area contributed by atoms with Crippen LogP contribution in [0.1, 0.15) is 26.5 Å². The molecule has 0 atom stereocenters. The Morgan fingerprint density at radius 1 is 1.38 bits per heavy atom. The van der Waals surface area contributed by atoms with E-state index in [-0.39, 0.29) is 0 Å². The van der Waals surface area contributed by atoms with E-state index in [4.69, 9.17) is 4.42 Å². The molecule has 0 bridgehead atoms. The standard InChI is InChI=1S/C10H16INO/c1-10(2,3)7-12-6-8-4-5-9(11)13-8/h4-5,12H,6-7H2,1-3H3. The van der Waals surface area contributed by atoms with Gasteiger partial charge in [0.15, 0.2) is 3.77 Å². The first-order valence-electron chi connectivity index (χ1n) is 4.42. The van der Waals surface area contributed by atoms with E-state index in [2.05, 4.69) is 48.7 Å². The molecule has 0 spiro atoms. The fourth-order valence-corrected chi connectivity index (χ4v) is 1.47. The molecule has 13 heavy (non-hydrogen) atoms. The van der Waals surface area contributed by atoms with Gasteiger partial charge in [-0.05, 0) is 40.1 Å². The maximum atomic E-state index is 5.42. The summed E-state index contributed by atoms with van der Waals surface area (Å²) in [5, 5.41) is 3.36. The van der Waals surface area contributed by atoms with Crippen molar-refractivity contribution in [2.24, 2.45) is 5.41 Å². The summed E-state index contributed by atoms with van der Waals surface area (Å²) in [7, 11) is 0. The molecule has 74 valence electrons. The van der Waals surface area contributed by atoms with Crippen LogP contribution in [0.2, 0.25) is 0 Å². The van der Waals surface area contributed by atoms with Crippen molar-refractivity contribution in [3.8, 4) is 0 Å². The zero-order chi connectivity index (χ0) is 9.90. The molecule has 0 aliphatic heterocycles. The molecule has 0 fully saturated rings. The second kappa shape index (κ2) is 4.46. The third-order valence-corrected chi connectivity index (χ3v) is 2.16. The van der Waals surface area contributed by atoms with Crippen LogP contribution >= 0.6 is 22.6 Å². The van der Waals surface area contributed by atoms with Crippen LogP contribution in [0.25, 0.3) is 0 Å². The second-order valence-electron chi connectivity index (χ2n) is 4.37. The number of hydrogen-bond donors (Lipinski definition) is 1. The van der Waals surface area contributed by atoms with E-state index in [9.17, 15) is 0 Å². The average Bonchev–Trinajstić information content (AvgIpc) is 2.33. The van der Waals surface area contributed by atoms with Gasteiger partial charge in [0.2, 0.25) is 0 Å². The minimum absolute atomic E-state index is 0.333. The van der Waals surface area contributed by atoms with Crippen LogP contribution in [-0.2, 0) is 6.54 Å². The van der Waals surface area contributed by atoms with Crippen LogP contribution in [0.15, 0.2) is 16.5 Å². The van der Waals surface area contributed by atoms with Crippen molar-refractivity contribution in [2.45, 2.75) is 27.3 Å². The summed E-state index contributed by atoms with van der Waals surface area (Å²) < 4.78 is 6.37. The van der Waals surface area contributed by atoms with Crippen LogP contribution in [0.5, 0.6) is 0 Å². The lowest BCUT2D eigenvalue weighted by molar-refractivity contribution is 0.364. The topological polar surface area (TPSA) is 25.2 Å². The number of halogens is 1. The summed E-state index contributed by atoms with van der Waals surface area (Å²) >= 11 is 2.17. The van der Waals surface area contributed by atoms with Crippen LogP contribution < -0.4 is 5.32 Å². The SMILES string of the molecule is CC(C)(C)CNCc1ccc(I)o1. The zero-order valence-electron chi connectivity index (χ0n) is 8.36. The van der Waals surface area contributed by atoms with E-state index in [0.717, 1.165) is 22.6 Å². The Morgan fingerprint density at radius 2 is 2.08 bits per heavy atom. The molecule has 1 N–H and O–H groups in total. The fraction of sp³-hybridized carbons (Fsp3) is 0.600. The Kier molecular flexibility index (Phi) is 3.79. The number of furan rings is 1. The number of rotatable bonds is 3. The lowest BCUT2D eigenvalue weighted by Gasteiger charge is -2.18. The first-order valence-corrected chi connectivity index (χ1v) is 5.50. The van der Waals surface area contributed by atoms with E-state index >= 15 is 0 Å². The minimum Gasteiger partial charge on any atom is -0.454 e. The highest BCUT2D eigenvalue weighted by Crippen LogP contribution is 2.12. The summed E-state index contributed by atoms with van der Waals surface area (Å²) in [4.78, 5) is 0. The highest BCUT2D eigenvalue weighted by atomic mass is 127. The van der Waals surface area contributed by atoms with Gasteiger partial charge in [-0.15, -0.1) is 0 Å². The van der Waals surface area contributed by atoms with Gasteiger partial charge in [0, 0.05) is 6.54 Å². The van der Waals surface area contributed by atoms with Crippen LogP contribution in [0, 0.1) is 9.18 Å². The predicted octanol–water partition coefficient (Wildman–Crippen LogP) is 3.02. The van der Waals surface area contributed by atoms with Crippen molar-refractivity contribution in [3.63, 3.8) is 0 Å². The van der Waals surface area contributed by atoms with Crippen molar-refractivity contribution < 1.29 is 4.42 Å². The molecule has 0 saturated heterocycles. The second-order valence-corrected chi connectivity index (χ2v) is 5.43. The lowest BCUT2D eigenvalue weighted by atomic mass is 9.97. The van der Waals surface area contributed by atoms with Gasteiger partial charge in [0.1, 0.15) is 5.76 Å². The fourth-order valence-electron chi connectivity index (χ4n) is 1.01. The van der Waals surface area contributed by atoms with Gasteiger partial charge in [-0.1, -0.05) is 20.8 Å². The zero-order valence-corrected chi connectivity index (χ0v) is 10.5. The maximum absolute atomic E-state index is 5.42. The molecular weight excluding hydrogens is 277 g/mol. The Morgan fingerprint density at radius 3 is 2.54 bits per heavy atom. The summed E-state index contributed by atoms with van der Waals surface area (Å²) in [6, 6.07) is 3.99. The first-order chi connectivity index (χ1) is 5.97. The monoisotopic (exact) mass is 293 g/mol. The molecule has 1 rings (SSSR count). The van der Waals surface area contributed by atoms with E-state index < -0.39 is 0 Å². The van der Waals surface area contributed by atoms with Crippen LogP contribution in [-0.4, -0.2) is 6.54 Å². The molecule has 0 radical (unpaired) electrons. The van der Waals surface area contributed by atoms with Gasteiger partial charge in [-0.25, -0.2) is 0 Å². The van der Waals surface area contributed by atoms with Gasteiger partial charge >= 0.3 is 0 Å². The summed E-state index contributed by atoms with van der Waals surface area (Å²) in [6.07, 6.45) is 0. The highest BCUT2D eigenvalue weighted by Gasteiger charge is 2.09. The van der Waals surface area contributed by atoms with Crippen molar-refractivity contribution in [3.05, 3.63) is 21.7 Å². The van der Waals surface area contributed by atoms with Crippen molar-refractivity contribution in [1.82, 2.24) is 5.32 Å². The summed E-state index contributed by atoms with van der Waals surface area (Å²) in [6.45, 7) is 8.47. The minimum atomic E-state index is 0.333. The Labute approximate surface area is 93.2 Å². The van der Waals surface area contributed by atoms with Gasteiger partial charge in [0.25, 0.3) is 0 Å². The van der Waals surface area contributed by atoms with Crippen molar-refractivity contribution in [1.29, 1.82) is 0 Å². The average molecular weight is 293 g/mol. The molecule has 1 heterocycles. The predicted molar refractivity (Wildman–Crippen MR) is 62.6 cm³/mol. The molecule has 3 heteroatoms. The lowest BCUT2D eigenvalue weighted by Crippen LogP contribution is -2.26. The molecule has 0 amide bonds. The number of hydrogen-bond acceptors (Lipinski definition) is 2. The largest absolute Gasteiger partial charge is 0.454 e. The molecule has 0 aliphatic rings. The van der Waals surface area contributed by atoms with E-state index in [1.54, 1.807) is 0 Å². The number of nitrogens with one attached hydrogen (secondary N) is 1. The highest BCUT2D eigenvalue weighted by molar-refractivity contribution is 14.1. The third kappa shape index (κ3) is 4.67. The van der Waals surface area contributed by atoms with Gasteiger partial charge < -0.3 is 9.73 Å². The Balaban J connectivity index is 2.28. The summed E-state index contributed by atoms with van der Waals surface area (Å²) in [5.41, 5.74) is 0.333. The van der Waals surface area contributed by atoms with Crippen LogP contribution in [0.3, 0.4) is 0 Å². The van der Waals surface area contributed by atoms with E-state index in [1.807, 2.05) is 12.1 Å². The molecule has 1 aromatic heterocycles. The molecular formula is C10H16INO. The molecule has 0 saturated carbocycles. The normalized spacial score (nSPS) is 12.0. The van der Waals surface area contributed by atoms with Gasteiger partial charge in [-0.3, -0.25) is 0 Å². The molecule has 0 unspecified atom stereocenters. The van der Waals surface area contributed by atoms with Gasteiger partial charge in [0.05, 0.1) is 6.54 Å². The van der Waals surface area contributed by atoms with Crippen LogP contribution in [0.4, 0.5) is 0 Å². The quantitative estimate of drug-likeness (QED) is 0.867. The molecule has 0 aliphatic carbocycles. The first kappa shape index (κ1) is 11.0. The maximum Gasteiger partial charge on any atom is 0.164 e. The van der Waals surface area contributed by atoms with E-state index in [1.165, 1.54) is 0 Å². The van der Waals surface area contributed by atoms with Gasteiger partial charge in [-0.2, -0.15) is 0 Å². The van der Waals surface area contributed by atoms with Crippen molar-refractivity contribution in [2.75, 3.05) is 6.54 Å². The summed E-state index contributed by atoms with van der Waals surface area (Å²) in [5.74, 6) is 1.01. The van der Waals surface area contributed by atoms with E-state index in [0.29, 0.717) is 5.41 Å². The smallest absolute Gasteiger partial charge is 0.164 e. The Bertz CT molecular complexity index is 262. The Hall–Kier alpha value is -0.0300. The molecule has 2 nitrogen and oxygen atoms in total. The molecule has 0 aromatic carbocycles. The molecule has 1 aromatic rings.